The lowest BCUT2D eigenvalue weighted by Gasteiger charge is -2.22. The lowest BCUT2D eigenvalue weighted by molar-refractivity contribution is 0.133. The van der Waals surface area contributed by atoms with E-state index in [-0.39, 0.29) is 35.0 Å². The van der Waals surface area contributed by atoms with Gasteiger partial charge in [0.1, 0.15) is 17.3 Å². The van der Waals surface area contributed by atoms with Gasteiger partial charge in [0.05, 0.1) is 6.10 Å². The average Bonchev–Trinajstić information content (AvgIpc) is 3.00. The van der Waals surface area contributed by atoms with Gasteiger partial charge in [0, 0.05) is 24.6 Å². The fraction of sp³-hybridized carbons (Fsp3) is 0.500. The fourth-order valence-electron chi connectivity index (χ4n) is 3.49. The van der Waals surface area contributed by atoms with Crippen molar-refractivity contribution in [2.45, 2.75) is 18.9 Å². The zero-order chi connectivity index (χ0) is 15.1. The molecule has 4 N–H and O–H groups in total. The van der Waals surface area contributed by atoms with Crippen LogP contribution in [0.1, 0.15) is 18.4 Å². The first-order valence-corrected chi connectivity index (χ1v) is 6.91. The van der Waals surface area contributed by atoms with Crippen LogP contribution >= 0.6 is 0 Å². The molecule has 1 heterocycles. The number of benzene rings is 1. The molecule has 3 unspecified atom stereocenters. The van der Waals surface area contributed by atoms with E-state index >= 15 is 0 Å². The second-order valence-electron chi connectivity index (χ2n) is 5.75. The van der Waals surface area contributed by atoms with E-state index in [0.29, 0.717) is 13.1 Å². The molecular weight excluding hydrogens is 280 g/mol. The Kier molecular flexibility index (Phi) is 3.44. The Bertz CT molecular complexity index is 571. The lowest BCUT2D eigenvalue weighted by atomic mass is 10.00. The number of nitrogens with two attached hydrogens (primary N) is 1. The number of fused-ring (bicyclic) bond motifs is 1. The molecule has 3 atom stereocenters. The third kappa shape index (κ3) is 2.31. The van der Waals surface area contributed by atoms with Gasteiger partial charge in [-0.2, -0.15) is 0 Å². The lowest BCUT2D eigenvalue weighted by Crippen LogP contribution is -2.26. The monoisotopic (exact) mass is 297 g/mol. The summed E-state index contributed by atoms with van der Waals surface area (Å²) in [6.07, 6.45) is 1.26. The van der Waals surface area contributed by atoms with Crippen LogP contribution in [0.2, 0.25) is 0 Å². The van der Waals surface area contributed by atoms with Crippen LogP contribution in [-0.2, 0) is 0 Å². The molecule has 7 heteroatoms. The topological polar surface area (TPSA) is 82.1 Å². The molecule has 0 radical (unpaired) electrons. The number of halogens is 2. The van der Waals surface area contributed by atoms with E-state index in [4.69, 9.17) is 10.9 Å². The molecule has 1 aliphatic carbocycles. The van der Waals surface area contributed by atoms with E-state index in [1.807, 2.05) is 0 Å². The Morgan fingerprint density at radius 3 is 2.48 bits per heavy atom. The normalized spacial score (nSPS) is 29.0. The van der Waals surface area contributed by atoms with Crippen LogP contribution in [0.3, 0.4) is 0 Å². The van der Waals surface area contributed by atoms with E-state index < -0.39 is 11.6 Å². The molecule has 0 aromatic heterocycles. The van der Waals surface area contributed by atoms with Crippen LogP contribution in [-0.4, -0.2) is 35.3 Å². The van der Waals surface area contributed by atoms with Gasteiger partial charge in [-0.1, -0.05) is 5.16 Å². The van der Waals surface area contributed by atoms with Crippen molar-refractivity contribution in [3.8, 4) is 0 Å². The maximum atomic E-state index is 14.2. The summed E-state index contributed by atoms with van der Waals surface area (Å²) in [5.41, 5.74) is 5.24. The Balaban J connectivity index is 1.90. The smallest absolute Gasteiger partial charge is 0.170 e. The largest absolute Gasteiger partial charge is 0.409 e. The summed E-state index contributed by atoms with van der Waals surface area (Å²) in [6.45, 7) is 0.987. The molecule has 5 nitrogen and oxygen atoms in total. The Hall–Kier alpha value is -1.89. The van der Waals surface area contributed by atoms with Gasteiger partial charge in [-0.3, -0.25) is 0 Å². The van der Waals surface area contributed by atoms with Gasteiger partial charge in [-0.15, -0.1) is 0 Å². The molecule has 1 saturated carbocycles. The van der Waals surface area contributed by atoms with Crippen LogP contribution in [0.15, 0.2) is 17.3 Å². The molecule has 1 aliphatic heterocycles. The third-order valence-corrected chi connectivity index (χ3v) is 4.56. The highest BCUT2D eigenvalue weighted by Crippen LogP contribution is 2.41. The standard InChI is InChI=1S/C14H17F2N3O2/c15-10-3-8(14(17)18-21)4-11(16)13(10)19-5-7-1-2-12(20)9(7)6-19/h3-4,7,9,12,20-21H,1-2,5-6H2,(H2,17,18). The van der Waals surface area contributed by atoms with Crippen molar-refractivity contribution in [2.75, 3.05) is 18.0 Å². The van der Waals surface area contributed by atoms with Crippen LogP contribution in [0, 0.1) is 23.5 Å². The van der Waals surface area contributed by atoms with Gasteiger partial charge in [0.2, 0.25) is 0 Å². The minimum atomic E-state index is -0.744. The first-order valence-electron chi connectivity index (χ1n) is 6.91. The zero-order valence-electron chi connectivity index (χ0n) is 11.3. The quantitative estimate of drug-likeness (QED) is 0.332. The average molecular weight is 297 g/mol. The van der Waals surface area contributed by atoms with Crippen LogP contribution in [0.25, 0.3) is 0 Å². The zero-order valence-corrected chi connectivity index (χ0v) is 11.3. The van der Waals surface area contributed by atoms with Crippen molar-refractivity contribution in [1.29, 1.82) is 0 Å². The summed E-state index contributed by atoms with van der Waals surface area (Å²) in [5, 5.41) is 21.2. The predicted molar refractivity (Wildman–Crippen MR) is 73.3 cm³/mol. The van der Waals surface area contributed by atoms with Crippen molar-refractivity contribution < 1.29 is 19.1 Å². The summed E-state index contributed by atoms with van der Waals surface area (Å²) < 4.78 is 28.4. The number of hydrogen-bond donors (Lipinski definition) is 3. The molecule has 1 aromatic rings. The Morgan fingerprint density at radius 2 is 1.90 bits per heavy atom. The summed E-state index contributed by atoms with van der Waals surface area (Å²) >= 11 is 0. The Morgan fingerprint density at radius 1 is 1.24 bits per heavy atom. The third-order valence-electron chi connectivity index (χ3n) is 4.56. The Labute approximate surface area is 120 Å². The SMILES string of the molecule is N/C(=N/O)c1cc(F)c(N2CC3CCC(O)C3C2)c(F)c1. The van der Waals surface area contributed by atoms with Crippen molar-refractivity contribution in [3.05, 3.63) is 29.3 Å². The van der Waals surface area contributed by atoms with Crippen molar-refractivity contribution >= 4 is 11.5 Å². The van der Waals surface area contributed by atoms with Gasteiger partial charge in [-0.05, 0) is 30.9 Å². The van der Waals surface area contributed by atoms with Crippen LogP contribution in [0.4, 0.5) is 14.5 Å². The van der Waals surface area contributed by atoms with Gasteiger partial charge < -0.3 is 20.9 Å². The van der Waals surface area contributed by atoms with Gasteiger partial charge in [-0.25, -0.2) is 8.78 Å². The van der Waals surface area contributed by atoms with E-state index in [1.54, 1.807) is 4.90 Å². The number of nitrogens with zero attached hydrogens (tertiary/aromatic N) is 2. The highest BCUT2D eigenvalue weighted by molar-refractivity contribution is 5.97. The molecule has 2 fully saturated rings. The van der Waals surface area contributed by atoms with Crippen molar-refractivity contribution in [3.63, 3.8) is 0 Å². The van der Waals surface area contributed by atoms with E-state index in [9.17, 15) is 13.9 Å². The second kappa shape index (κ2) is 5.14. The summed E-state index contributed by atoms with van der Waals surface area (Å²) in [4.78, 5) is 1.64. The number of rotatable bonds is 2. The molecule has 0 spiro atoms. The highest BCUT2D eigenvalue weighted by atomic mass is 19.1. The fourth-order valence-corrected chi connectivity index (χ4v) is 3.49. The number of anilines is 1. The number of aliphatic hydroxyl groups excluding tert-OH is 1. The van der Waals surface area contributed by atoms with E-state index in [2.05, 4.69) is 5.16 Å². The number of aliphatic hydroxyl groups is 1. The minimum absolute atomic E-state index is 0.00400. The van der Waals surface area contributed by atoms with Crippen molar-refractivity contribution in [2.24, 2.45) is 22.7 Å². The molecule has 114 valence electrons. The van der Waals surface area contributed by atoms with E-state index in [0.717, 1.165) is 25.0 Å². The molecule has 1 aromatic carbocycles. The second-order valence-corrected chi connectivity index (χ2v) is 5.75. The molecular formula is C14H17F2N3O2. The first-order chi connectivity index (χ1) is 10.0. The molecule has 2 aliphatic rings. The molecule has 21 heavy (non-hydrogen) atoms. The molecule has 1 saturated heterocycles. The van der Waals surface area contributed by atoms with Gasteiger partial charge in [0.25, 0.3) is 0 Å². The highest BCUT2D eigenvalue weighted by Gasteiger charge is 2.43. The van der Waals surface area contributed by atoms with Crippen LogP contribution in [0.5, 0.6) is 0 Å². The number of oxime groups is 1. The maximum absolute atomic E-state index is 14.2. The molecule has 0 amide bonds. The molecule has 3 rings (SSSR count). The first kappa shape index (κ1) is 14.1. The molecule has 0 bridgehead atoms. The summed E-state index contributed by atoms with van der Waals surface area (Å²) in [5.74, 6) is -1.47. The van der Waals surface area contributed by atoms with E-state index in [1.165, 1.54) is 0 Å². The summed E-state index contributed by atoms with van der Waals surface area (Å²) in [6, 6.07) is 2.11. The predicted octanol–water partition coefficient (Wildman–Crippen LogP) is 1.27. The van der Waals surface area contributed by atoms with Gasteiger partial charge >= 0.3 is 0 Å². The van der Waals surface area contributed by atoms with Crippen LogP contribution < -0.4 is 10.6 Å². The number of hydrogen-bond acceptors (Lipinski definition) is 4. The summed E-state index contributed by atoms with van der Waals surface area (Å²) in [7, 11) is 0. The van der Waals surface area contributed by atoms with Gasteiger partial charge in [0.15, 0.2) is 5.84 Å². The van der Waals surface area contributed by atoms with Crippen molar-refractivity contribution in [1.82, 2.24) is 0 Å². The minimum Gasteiger partial charge on any atom is -0.409 e. The number of amidine groups is 1. The maximum Gasteiger partial charge on any atom is 0.170 e.